The summed E-state index contributed by atoms with van der Waals surface area (Å²) in [4.78, 5) is 4.23. The minimum absolute atomic E-state index is 0.103. The number of aromatic nitrogens is 1. The van der Waals surface area contributed by atoms with Crippen LogP contribution in [-0.2, 0) is 13.2 Å². The first-order valence-electron chi connectivity index (χ1n) is 7.06. The number of hydrogen-bond donors (Lipinski definition) is 2. The van der Waals surface area contributed by atoms with Crippen molar-refractivity contribution in [1.82, 2.24) is 4.98 Å². The van der Waals surface area contributed by atoms with Crippen LogP contribution >= 0.6 is 0 Å². The Morgan fingerprint density at radius 3 is 2.52 bits per heavy atom. The smallest absolute Gasteiger partial charge is 0.213 e. The molecule has 2 N–H and O–H groups in total. The largest absolute Gasteiger partial charge is 0.496 e. The number of nitrogens with zero attached hydrogens (tertiary/aromatic N) is 1. The van der Waals surface area contributed by atoms with Gasteiger partial charge in [-0.1, -0.05) is 0 Å². The molecule has 3 aromatic rings. The lowest BCUT2D eigenvalue weighted by Crippen LogP contribution is -1.96. The molecule has 3 rings (SSSR count). The highest BCUT2D eigenvalue weighted by molar-refractivity contribution is 5.89. The van der Waals surface area contributed by atoms with Crippen molar-refractivity contribution in [3.05, 3.63) is 41.6 Å². The van der Waals surface area contributed by atoms with Crippen LogP contribution in [0.1, 0.15) is 11.3 Å². The number of aliphatic hydroxyl groups excluding tert-OH is 2. The number of fused-ring (bicyclic) bond motifs is 1. The summed E-state index contributed by atoms with van der Waals surface area (Å²) in [5, 5.41) is 19.7. The molecule has 120 valence electrons. The van der Waals surface area contributed by atoms with E-state index in [0.29, 0.717) is 39.8 Å². The molecule has 2 aromatic heterocycles. The summed E-state index contributed by atoms with van der Waals surface area (Å²) in [5.41, 5.74) is 2.44. The van der Waals surface area contributed by atoms with Gasteiger partial charge in [0.25, 0.3) is 0 Å². The summed E-state index contributed by atoms with van der Waals surface area (Å²) in [5.74, 6) is 1.61. The summed E-state index contributed by atoms with van der Waals surface area (Å²) in [6.45, 7) is -0.336. The zero-order valence-electron chi connectivity index (χ0n) is 12.9. The van der Waals surface area contributed by atoms with E-state index >= 15 is 0 Å². The van der Waals surface area contributed by atoms with Crippen LogP contribution in [0.15, 0.2) is 34.7 Å². The van der Waals surface area contributed by atoms with Crippen molar-refractivity contribution in [3.63, 3.8) is 0 Å². The van der Waals surface area contributed by atoms with Crippen molar-refractivity contribution in [2.75, 3.05) is 14.2 Å². The molecule has 0 fully saturated rings. The van der Waals surface area contributed by atoms with E-state index < -0.39 is 0 Å². The zero-order chi connectivity index (χ0) is 16.4. The summed E-state index contributed by atoms with van der Waals surface area (Å²) in [7, 11) is 3.09. The van der Waals surface area contributed by atoms with E-state index in [0.717, 1.165) is 5.39 Å². The number of furan rings is 1. The number of pyridine rings is 1. The van der Waals surface area contributed by atoms with Crippen LogP contribution in [0.25, 0.3) is 22.3 Å². The average Bonchev–Trinajstić information content (AvgIpc) is 3.03. The SMILES string of the molecule is COc1ccc(-c2cc3c(OC)cc(CO)cc3o2)c(CO)n1. The number of hydrogen-bond acceptors (Lipinski definition) is 6. The Morgan fingerprint density at radius 2 is 1.87 bits per heavy atom. The Morgan fingerprint density at radius 1 is 1.04 bits per heavy atom. The minimum Gasteiger partial charge on any atom is -0.496 e. The Hall–Kier alpha value is -2.57. The lowest BCUT2D eigenvalue weighted by molar-refractivity contribution is 0.274. The van der Waals surface area contributed by atoms with E-state index in [2.05, 4.69) is 4.98 Å². The van der Waals surface area contributed by atoms with Crippen LogP contribution in [0.2, 0.25) is 0 Å². The van der Waals surface area contributed by atoms with Crippen LogP contribution in [0.5, 0.6) is 11.6 Å². The molecular formula is C17H17NO5. The van der Waals surface area contributed by atoms with E-state index in [1.165, 1.54) is 7.11 Å². The monoisotopic (exact) mass is 315 g/mol. The average molecular weight is 315 g/mol. The van der Waals surface area contributed by atoms with Gasteiger partial charge < -0.3 is 24.1 Å². The molecule has 2 heterocycles. The maximum absolute atomic E-state index is 9.54. The highest BCUT2D eigenvalue weighted by Crippen LogP contribution is 2.36. The number of benzene rings is 1. The van der Waals surface area contributed by atoms with Crippen molar-refractivity contribution in [2.24, 2.45) is 0 Å². The molecule has 0 atom stereocenters. The highest BCUT2D eigenvalue weighted by Gasteiger charge is 2.15. The van der Waals surface area contributed by atoms with E-state index in [1.807, 2.05) is 6.07 Å². The van der Waals surface area contributed by atoms with E-state index in [-0.39, 0.29) is 13.2 Å². The Bertz CT molecular complexity index is 840. The van der Waals surface area contributed by atoms with Gasteiger partial charge in [-0.3, -0.25) is 0 Å². The molecule has 0 bridgehead atoms. The maximum Gasteiger partial charge on any atom is 0.213 e. The van der Waals surface area contributed by atoms with Gasteiger partial charge in [-0.15, -0.1) is 0 Å². The number of methoxy groups -OCH3 is 2. The second-order valence-electron chi connectivity index (χ2n) is 4.98. The first-order valence-corrected chi connectivity index (χ1v) is 7.06. The second-order valence-corrected chi connectivity index (χ2v) is 4.98. The third-order valence-electron chi connectivity index (χ3n) is 3.63. The molecule has 0 saturated carbocycles. The Kier molecular flexibility index (Phi) is 4.18. The fourth-order valence-corrected chi connectivity index (χ4v) is 2.49. The van der Waals surface area contributed by atoms with Crippen molar-refractivity contribution < 1.29 is 24.1 Å². The Labute approximate surface area is 132 Å². The lowest BCUT2D eigenvalue weighted by Gasteiger charge is -2.05. The molecule has 0 unspecified atom stereocenters. The molecule has 6 heteroatoms. The first-order chi connectivity index (χ1) is 11.2. The number of aliphatic hydroxyl groups is 2. The van der Waals surface area contributed by atoms with Gasteiger partial charge in [0.1, 0.15) is 17.1 Å². The van der Waals surface area contributed by atoms with Crippen molar-refractivity contribution in [2.45, 2.75) is 13.2 Å². The summed E-state index contributed by atoms with van der Waals surface area (Å²) >= 11 is 0. The van der Waals surface area contributed by atoms with Gasteiger partial charge in [0.2, 0.25) is 5.88 Å². The van der Waals surface area contributed by atoms with Gasteiger partial charge in [-0.05, 0) is 29.8 Å². The molecular weight excluding hydrogens is 298 g/mol. The Balaban J connectivity index is 2.17. The van der Waals surface area contributed by atoms with Crippen LogP contribution in [0, 0.1) is 0 Å². The van der Waals surface area contributed by atoms with Gasteiger partial charge in [-0.2, -0.15) is 0 Å². The third-order valence-corrected chi connectivity index (χ3v) is 3.63. The molecule has 1 aromatic carbocycles. The predicted octanol–water partition coefficient (Wildman–Crippen LogP) is 2.50. The van der Waals surface area contributed by atoms with Crippen LogP contribution in [-0.4, -0.2) is 29.4 Å². The fourth-order valence-electron chi connectivity index (χ4n) is 2.49. The van der Waals surface area contributed by atoms with Gasteiger partial charge in [0, 0.05) is 11.6 Å². The molecule has 0 aliphatic rings. The number of rotatable bonds is 5. The maximum atomic E-state index is 9.54. The molecule has 0 radical (unpaired) electrons. The lowest BCUT2D eigenvalue weighted by atomic mass is 10.1. The van der Waals surface area contributed by atoms with Gasteiger partial charge in [-0.25, -0.2) is 4.98 Å². The number of ether oxygens (including phenoxy) is 2. The molecule has 0 aliphatic carbocycles. The van der Waals surface area contributed by atoms with Gasteiger partial charge in [0.15, 0.2) is 0 Å². The molecule has 0 saturated heterocycles. The van der Waals surface area contributed by atoms with Crippen molar-refractivity contribution in [1.29, 1.82) is 0 Å². The predicted molar refractivity (Wildman–Crippen MR) is 84.4 cm³/mol. The molecule has 0 amide bonds. The molecule has 0 aliphatic heterocycles. The standard InChI is InChI=1S/C17H17NO5/c1-21-14-5-10(8-19)6-15-12(14)7-16(23-15)11-3-4-17(22-2)18-13(11)9-20/h3-7,19-20H,8-9H2,1-2H3. The van der Waals surface area contributed by atoms with Crippen LogP contribution in [0.3, 0.4) is 0 Å². The van der Waals surface area contributed by atoms with Gasteiger partial charge >= 0.3 is 0 Å². The third kappa shape index (κ3) is 2.74. The van der Waals surface area contributed by atoms with E-state index in [1.54, 1.807) is 31.4 Å². The van der Waals surface area contributed by atoms with Crippen LogP contribution < -0.4 is 9.47 Å². The normalized spacial score (nSPS) is 11.0. The summed E-state index contributed by atoms with van der Waals surface area (Å²) in [6.07, 6.45) is 0. The quantitative estimate of drug-likeness (QED) is 0.752. The molecule has 23 heavy (non-hydrogen) atoms. The zero-order valence-corrected chi connectivity index (χ0v) is 12.9. The van der Waals surface area contributed by atoms with Crippen molar-refractivity contribution in [3.8, 4) is 23.0 Å². The fraction of sp³-hybridized carbons (Fsp3) is 0.235. The summed E-state index contributed by atoms with van der Waals surface area (Å²) < 4.78 is 16.3. The second kappa shape index (κ2) is 6.28. The van der Waals surface area contributed by atoms with Crippen LogP contribution in [0.4, 0.5) is 0 Å². The van der Waals surface area contributed by atoms with Gasteiger partial charge in [0.05, 0.1) is 38.5 Å². The highest BCUT2D eigenvalue weighted by atomic mass is 16.5. The van der Waals surface area contributed by atoms with Crippen molar-refractivity contribution >= 4 is 11.0 Å². The topological polar surface area (TPSA) is 85.0 Å². The first kappa shape index (κ1) is 15.3. The minimum atomic E-state index is -0.234. The van der Waals surface area contributed by atoms with E-state index in [4.69, 9.17) is 13.9 Å². The molecule has 0 spiro atoms. The summed E-state index contributed by atoms with van der Waals surface area (Å²) in [6, 6.07) is 8.85. The van der Waals surface area contributed by atoms with E-state index in [9.17, 15) is 10.2 Å². The molecule has 6 nitrogen and oxygen atoms in total.